The molecule has 0 saturated carbocycles. The Bertz CT molecular complexity index is 556. The normalized spacial score (nSPS) is 17.6. The highest BCUT2D eigenvalue weighted by Gasteiger charge is 2.26. The van der Waals surface area contributed by atoms with Gasteiger partial charge in [0.2, 0.25) is 0 Å². The van der Waals surface area contributed by atoms with Gasteiger partial charge in [0.25, 0.3) is 5.91 Å². The zero-order valence-electron chi connectivity index (χ0n) is 12.3. The van der Waals surface area contributed by atoms with Crippen LogP contribution in [-0.4, -0.2) is 52.9 Å². The number of aryl methyl sites for hydroxylation is 1. The number of thiocarbonyl (C=S) groups is 1. The quantitative estimate of drug-likeness (QED) is 0.861. The van der Waals surface area contributed by atoms with Gasteiger partial charge in [0.1, 0.15) is 5.82 Å². The maximum Gasteiger partial charge on any atom is 0.256 e. The number of amides is 1. The molecular weight excluding hydrogens is 289 g/mol. The van der Waals surface area contributed by atoms with Crippen LogP contribution in [0.5, 0.6) is 0 Å². The van der Waals surface area contributed by atoms with Crippen molar-refractivity contribution < 1.29 is 9.18 Å². The maximum absolute atomic E-state index is 13.9. The molecule has 1 aliphatic rings. The Morgan fingerprint density at radius 1 is 1.33 bits per heavy atom. The van der Waals surface area contributed by atoms with Gasteiger partial charge in [0, 0.05) is 26.2 Å². The number of carbonyl (C=O) groups is 1. The van der Waals surface area contributed by atoms with Gasteiger partial charge in [-0.1, -0.05) is 18.3 Å². The monoisotopic (exact) mass is 309 g/mol. The largest absolute Gasteiger partial charge is 0.392 e. The second-order valence-corrected chi connectivity index (χ2v) is 5.86. The smallest absolute Gasteiger partial charge is 0.256 e. The Morgan fingerprint density at radius 3 is 2.48 bits per heavy atom. The number of hydrogen-bond donors (Lipinski definition) is 1. The first-order valence-corrected chi connectivity index (χ1v) is 7.39. The molecule has 1 amide bonds. The van der Waals surface area contributed by atoms with Crippen molar-refractivity contribution >= 4 is 23.1 Å². The standard InChI is InChI=1S/C15H20FN3OS/c1-10-3-4-12(13(16)9-10)15(20)19-7-5-18(6-8-19)11(2)14(17)21/h3-4,9,11H,5-8H2,1-2H3,(H2,17,21). The molecule has 2 N–H and O–H groups in total. The highest BCUT2D eigenvalue weighted by molar-refractivity contribution is 7.80. The third-order valence-corrected chi connectivity index (χ3v) is 4.26. The third kappa shape index (κ3) is 3.57. The van der Waals surface area contributed by atoms with Gasteiger partial charge >= 0.3 is 0 Å². The Labute approximate surface area is 129 Å². The van der Waals surface area contributed by atoms with Crippen LogP contribution < -0.4 is 5.73 Å². The molecule has 114 valence electrons. The van der Waals surface area contributed by atoms with Crippen molar-refractivity contribution in [2.45, 2.75) is 19.9 Å². The summed E-state index contributed by atoms with van der Waals surface area (Å²) in [5.41, 5.74) is 6.59. The van der Waals surface area contributed by atoms with Gasteiger partial charge in [0.15, 0.2) is 0 Å². The second-order valence-electron chi connectivity index (χ2n) is 5.39. The van der Waals surface area contributed by atoms with Crippen LogP contribution in [0.1, 0.15) is 22.8 Å². The summed E-state index contributed by atoms with van der Waals surface area (Å²) in [5.74, 6) is -0.714. The van der Waals surface area contributed by atoms with Gasteiger partial charge in [-0.2, -0.15) is 0 Å². The molecule has 0 spiro atoms. The van der Waals surface area contributed by atoms with Gasteiger partial charge in [-0.25, -0.2) is 4.39 Å². The zero-order chi connectivity index (χ0) is 15.6. The minimum atomic E-state index is -0.459. The molecule has 1 aromatic rings. The fourth-order valence-corrected chi connectivity index (χ4v) is 2.61. The lowest BCUT2D eigenvalue weighted by atomic mass is 10.1. The van der Waals surface area contributed by atoms with Crippen molar-refractivity contribution in [3.63, 3.8) is 0 Å². The lowest BCUT2D eigenvalue weighted by Crippen LogP contribution is -2.54. The molecule has 1 aliphatic heterocycles. The van der Waals surface area contributed by atoms with E-state index in [0.717, 1.165) is 5.56 Å². The lowest BCUT2D eigenvalue weighted by Gasteiger charge is -2.37. The summed E-state index contributed by atoms with van der Waals surface area (Å²) in [4.78, 5) is 16.6. The molecule has 1 aromatic carbocycles. The van der Waals surface area contributed by atoms with E-state index >= 15 is 0 Å². The summed E-state index contributed by atoms with van der Waals surface area (Å²) in [6, 6.07) is 4.71. The Balaban J connectivity index is 2.02. The van der Waals surface area contributed by atoms with E-state index < -0.39 is 5.82 Å². The van der Waals surface area contributed by atoms with Crippen LogP contribution in [0.25, 0.3) is 0 Å². The van der Waals surface area contributed by atoms with Crippen molar-refractivity contribution in [2.24, 2.45) is 5.73 Å². The third-order valence-electron chi connectivity index (χ3n) is 3.92. The molecule has 0 aliphatic carbocycles. The molecule has 1 atom stereocenters. The highest BCUT2D eigenvalue weighted by Crippen LogP contribution is 2.15. The predicted octanol–water partition coefficient (Wildman–Crippen LogP) is 1.57. The highest BCUT2D eigenvalue weighted by atomic mass is 32.1. The van der Waals surface area contributed by atoms with E-state index in [1.54, 1.807) is 24.0 Å². The van der Waals surface area contributed by atoms with Crippen LogP contribution in [0.4, 0.5) is 4.39 Å². The summed E-state index contributed by atoms with van der Waals surface area (Å²) in [7, 11) is 0. The average Bonchev–Trinajstić information content (AvgIpc) is 2.46. The molecule has 0 bridgehead atoms. The lowest BCUT2D eigenvalue weighted by molar-refractivity contribution is 0.0617. The molecule has 0 radical (unpaired) electrons. The van der Waals surface area contributed by atoms with Crippen LogP contribution in [0.2, 0.25) is 0 Å². The summed E-state index contributed by atoms with van der Waals surface area (Å²) in [6.45, 7) is 6.25. The number of nitrogens with two attached hydrogens (primary N) is 1. The Morgan fingerprint density at radius 2 is 1.95 bits per heavy atom. The van der Waals surface area contributed by atoms with Crippen molar-refractivity contribution in [1.82, 2.24) is 9.80 Å². The number of carbonyl (C=O) groups excluding carboxylic acids is 1. The Kier molecular flexibility index (Phi) is 4.90. The van der Waals surface area contributed by atoms with E-state index in [2.05, 4.69) is 4.90 Å². The van der Waals surface area contributed by atoms with Crippen molar-refractivity contribution in [1.29, 1.82) is 0 Å². The topological polar surface area (TPSA) is 49.6 Å². The Hall–Kier alpha value is -1.53. The molecule has 21 heavy (non-hydrogen) atoms. The molecular formula is C15H20FN3OS. The first-order chi connectivity index (χ1) is 9.90. The number of rotatable bonds is 3. The zero-order valence-corrected chi connectivity index (χ0v) is 13.1. The van der Waals surface area contributed by atoms with Gasteiger partial charge in [-0.05, 0) is 31.5 Å². The van der Waals surface area contributed by atoms with E-state index in [-0.39, 0.29) is 17.5 Å². The summed E-state index contributed by atoms with van der Waals surface area (Å²) in [5, 5.41) is 0. The molecule has 1 heterocycles. The molecule has 1 saturated heterocycles. The molecule has 0 aromatic heterocycles. The summed E-state index contributed by atoms with van der Waals surface area (Å²) in [6.07, 6.45) is 0. The van der Waals surface area contributed by atoms with Gasteiger partial charge in [0.05, 0.1) is 16.6 Å². The first-order valence-electron chi connectivity index (χ1n) is 6.99. The number of hydrogen-bond acceptors (Lipinski definition) is 3. The van der Waals surface area contributed by atoms with E-state index in [1.165, 1.54) is 6.07 Å². The van der Waals surface area contributed by atoms with Gasteiger partial charge in [-0.3, -0.25) is 9.69 Å². The van der Waals surface area contributed by atoms with Crippen LogP contribution in [-0.2, 0) is 0 Å². The average molecular weight is 309 g/mol. The van der Waals surface area contributed by atoms with Crippen molar-refractivity contribution in [2.75, 3.05) is 26.2 Å². The predicted molar refractivity (Wildman–Crippen MR) is 84.9 cm³/mol. The molecule has 2 rings (SSSR count). The molecule has 1 unspecified atom stereocenters. The minimum Gasteiger partial charge on any atom is -0.392 e. The fraction of sp³-hybridized carbons (Fsp3) is 0.467. The van der Waals surface area contributed by atoms with E-state index in [0.29, 0.717) is 31.2 Å². The number of halogens is 1. The molecule has 4 nitrogen and oxygen atoms in total. The SMILES string of the molecule is Cc1ccc(C(=O)N2CCN(C(C)C(N)=S)CC2)c(F)c1. The van der Waals surface area contributed by atoms with Crippen molar-refractivity contribution in [3.05, 3.63) is 35.1 Å². The first kappa shape index (κ1) is 15.9. The van der Waals surface area contributed by atoms with E-state index in [4.69, 9.17) is 18.0 Å². The van der Waals surface area contributed by atoms with Crippen LogP contribution in [0, 0.1) is 12.7 Å². The summed E-state index contributed by atoms with van der Waals surface area (Å²) < 4.78 is 13.9. The van der Waals surface area contributed by atoms with Crippen LogP contribution in [0.15, 0.2) is 18.2 Å². The number of benzene rings is 1. The van der Waals surface area contributed by atoms with Crippen molar-refractivity contribution in [3.8, 4) is 0 Å². The summed E-state index contributed by atoms with van der Waals surface area (Å²) >= 11 is 4.99. The molecule has 1 fully saturated rings. The second kappa shape index (κ2) is 6.49. The fourth-order valence-electron chi connectivity index (χ4n) is 2.46. The van der Waals surface area contributed by atoms with Crippen LogP contribution >= 0.6 is 12.2 Å². The minimum absolute atomic E-state index is 0.0216. The van der Waals surface area contributed by atoms with E-state index in [1.807, 2.05) is 6.92 Å². The number of nitrogens with zero attached hydrogens (tertiary/aromatic N) is 2. The number of piperazine rings is 1. The van der Waals surface area contributed by atoms with E-state index in [9.17, 15) is 9.18 Å². The van der Waals surface area contributed by atoms with Gasteiger partial charge in [-0.15, -0.1) is 0 Å². The van der Waals surface area contributed by atoms with Crippen LogP contribution in [0.3, 0.4) is 0 Å². The molecule has 6 heteroatoms. The van der Waals surface area contributed by atoms with Gasteiger partial charge < -0.3 is 10.6 Å². The maximum atomic E-state index is 13.9.